The van der Waals surface area contributed by atoms with Gasteiger partial charge in [0.25, 0.3) is 0 Å². The quantitative estimate of drug-likeness (QED) is 0.382. The molecule has 0 aliphatic carbocycles. The number of aliphatic hydroxyl groups is 2. The highest BCUT2D eigenvalue weighted by atomic mass is 16.5. The van der Waals surface area contributed by atoms with Gasteiger partial charge in [-0.25, -0.2) is 0 Å². The van der Waals surface area contributed by atoms with Crippen molar-refractivity contribution in [3.63, 3.8) is 0 Å². The second kappa shape index (κ2) is 15.7. The lowest BCUT2D eigenvalue weighted by molar-refractivity contribution is 0.00971. The smallest absolute Gasteiger partial charge is 0.0900 e. The van der Waals surface area contributed by atoms with Gasteiger partial charge >= 0.3 is 0 Å². The lowest BCUT2D eigenvalue weighted by atomic mass is 10.3. The van der Waals surface area contributed by atoms with Crippen LogP contribution >= 0.6 is 0 Å². The van der Waals surface area contributed by atoms with Gasteiger partial charge in [-0.05, 0) is 45.8 Å². The monoisotopic (exact) mass is 376 g/mol. The number of likely N-dealkylation sites (N-methyl/N-ethyl adjacent to an activating group) is 1. The summed E-state index contributed by atoms with van der Waals surface area (Å²) in [6, 6.07) is 0. The molecule has 0 amide bonds. The van der Waals surface area contributed by atoms with E-state index in [2.05, 4.69) is 16.7 Å². The molecule has 7 heteroatoms. The minimum Gasteiger partial charge on any atom is -0.391 e. The largest absolute Gasteiger partial charge is 0.391 e. The van der Waals surface area contributed by atoms with Crippen LogP contribution in [0.4, 0.5) is 0 Å². The standard InChI is InChI=1S/C19H40N2O5/c1-3-20(7-6-8-21-9-13-24-14-10-21)15-19(23)17-26-12-5-4-11-25-16-18(2)22/h18-19,22-23H,3-17H2,1-2H3. The molecule has 1 saturated heterocycles. The van der Waals surface area contributed by atoms with E-state index in [0.717, 1.165) is 65.2 Å². The molecule has 156 valence electrons. The molecule has 0 spiro atoms. The van der Waals surface area contributed by atoms with Gasteiger partial charge in [0.1, 0.15) is 0 Å². The zero-order chi connectivity index (χ0) is 19.0. The third-order valence-corrected chi connectivity index (χ3v) is 4.47. The number of nitrogens with zero attached hydrogens (tertiary/aromatic N) is 2. The summed E-state index contributed by atoms with van der Waals surface area (Å²) in [7, 11) is 0. The molecule has 1 rings (SSSR count). The molecular weight excluding hydrogens is 336 g/mol. The van der Waals surface area contributed by atoms with E-state index >= 15 is 0 Å². The zero-order valence-corrected chi connectivity index (χ0v) is 16.8. The summed E-state index contributed by atoms with van der Waals surface area (Å²) in [5, 5.41) is 19.2. The second-order valence-corrected chi connectivity index (χ2v) is 7.06. The van der Waals surface area contributed by atoms with Crippen LogP contribution in [0.3, 0.4) is 0 Å². The van der Waals surface area contributed by atoms with Crippen LogP contribution < -0.4 is 0 Å². The number of unbranched alkanes of at least 4 members (excludes halogenated alkanes) is 1. The topological polar surface area (TPSA) is 74.6 Å². The zero-order valence-electron chi connectivity index (χ0n) is 16.8. The maximum absolute atomic E-state index is 10.2. The summed E-state index contributed by atoms with van der Waals surface area (Å²) in [5.74, 6) is 0. The highest BCUT2D eigenvalue weighted by Crippen LogP contribution is 2.01. The summed E-state index contributed by atoms with van der Waals surface area (Å²) in [6.45, 7) is 13.4. The van der Waals surface area contributed by atoms with Gasteiger partial charge in [0.05, 0.1) is 38.6 Å². The van der Waals surface area contributed by atoms with E-state index in [1.807, 2.05) is 0 Å². The van der Waals surface area contributed by atoms with Gasteiger partial charge in [-0.1, -0.05) is 6.92 Å². The van der Waals surface area contributed by atoms with Crippen LogP contribution in [0.5, 0.6) is 0 Å². The molecule has 1 heterocycles. The molecule has 7 nitrogen and oxygen atoms in total. The van der Waals surface area contributed by atoms with Crippen LogP contribution in [0.1, 0.15) is 33.1 Å². The average Bonchev–Trinajstić information content (AvgIpc) is 2.63. The molecule has 1 fully saturated rings. The average molecular weight is 377 g/mol. The number of rotatable bonds is 16. The van der Waals surface area contributed by atoms with Gasteiger partial charge in [-0.15, -0.1) is 0 Å². The van der Waals surface area contributed by atoms with Crippen molar-refractivity contribution < 1.29 is 24.4 Å². The molecule has 1 aliphatic rings. The van der Waals surface area contributed by atoms with Crippen LogP contribution in [0, 0.1) is 0 Å². The van der Waals surface area contributed by atoms with Crippen LogP contribution in [0.2, 0.25) is 0 Å². The second-order valence-electron chi connectivity index (χ2n) is 7.06. The first-order valence-electron chi connectivity index (χ1n) is 10.2. The lowest BCUT2D eigenvalue weighted by Gasteiger charge is -2.28. The summed E-state index contributed by atoms with van der Waals surface area (Å²) in [4.78, 5) is 4.74. The minimum atomic E-state index is -0.440. The van der Waals surface area contributed by atoms with Crippen molar-refractivity contribution in [1.82, 2.24) is 9.80 Å². The van der Waals surface area contributed by atoms with Crippen molar-refractivity contribution in [1.29, 1.82) is 0 Å². The summed E-state index contributed by atoms with van der Waals surface area (Å²) in [6.07, 6.45) is 2.09. The third-order valence-electron chi connectivity index (χ3n) is 4.47. The highest BCUT2D eigenvalue weighted by molar-refractivity contribution is 4.66. The van der Waals surface area contributed by atoms with Crippen molar-refractivity contribution in [2.24, 2.45) is 0 Å². The Hall–Kier alpha value is -0.280. The predicted molar refractivity (Wildman–Crippen MR) is 103 cm³/mol. The molecule has 0 saturated carbocycles. The molecule has 1 aliphatic heterocycles. The molecule has 2 atom stereocenters. The van der Waals surface area contributed by atoms with Crippen molar-refractivity contribution in [3.8, 4) is 0 Å². The van der Waals surface area contributed by atoms with Crippen molar-refractivity contribution in [2.45, 2.75) is 45.3 Å². The van der Waals surface area contributed by atoms with Gasteiger partial charge in [0, 0.05) is 32.8 Å². The molecule has 26 heavy (non-hydrogen) atoms. The van der Waals surface area contributed by atoms with Gasteiger partial charge in [0.2, 0.25) is 0 Å². The fourth-order valence-electron chi connectivity index (χ4n) is 2.95. The fraction of sp³-hybridized carbons (Fsp3) is 1.00. The Morgan fingerprint density at radius 1 is 1.04 bits per heavy atom. The van der Waals surface area contributed by atoms with Gasteiger partial charge < -0.3 is 29.3 Å². The number of ether oxygens (including phenoxy) is 3. The van der Waals surface area contributed by atoms with Gasteiger partial charge in [-0.3, -0.25) is 4.90 Å². The summed E-state index contributed by atoms with van der Waals surface area (Å²) in [5.41, 5.74) is 0. The van der Waals surface area contributed by atoms with E-state index in [4.69, 9.17) is 19.3 Å². The number of aliphatic hydroxyl groups excluding tert-OH is 2. The predicted octanol–water partition coefficient (Wildman–Crippen LogP) is 0.586. The molecule has 0 aromatic carbocycles. The molecule has 2 N–H and O–H groups in total. The number of hydrogen-bond donors (Lipinski definition) is 2. The third kappa shape index (κ3) is 13.0. The van der Waals surface area contributed by atoms with Crippen LogP contribution in [-0.4, -0.2) is 111 Å². The number of hydrogen-bond acceptors (Lipinski definition) is 7. The maximum Gasteiger partial charge on any atom is 0.0900 e. The van der Waals surface area contributed by atoms with E-state index in [1.54, 1.807) is 6.92 Å². The van der Waals surface area contributed by atoms with E-state index < -0.39 is 12.2 Å². The van der Waals surface area contributed by atoms with E-state index in [-0.39, 0.29) is 0 Å². The van der Waals surface area contributed by atoms with Crippen molar-refractivity contribution in [2.75, 3.05) is 78.9 Å². The first-order chi connectivity index (χ1) is 12.6. The fourth-order valence-corrected chi connectivity index (χ4v) is 2.95. The molecular formula is C19H40N2O5. The van der Waals surface area contributed by atoms with Crippen LogP contribution in [0.15, 0.2) is 0 Å². The Morgan fingerprint density at radius 3 is 2.31 bits per heavy atom. The first kappa shape index (κ1) is 23.8. The Kier molecular flexibility index (Phi) is 14.4. The van der Waals surface area contributed by atoms with Gasteiger partial charge in [-0.2, -0.15) is 0 Å². The van der Waals surface area contributed by atoms with Crippen LogP contribution in [0.25, 0.3) is 0 Å². The normalized spacial score (nSPS) is 18.3. The lowest BCUT2D eigenvalue weighted by Crippen LogP contribution is -2.39. The Bertz CT molecular complexity index is 314. The van der Waals surface area contributed by atoms with Crippen molar-refractivity contribution in [3.05, 3.63) is 0 Å². The molecule has 0 aromatic heterocycles. The maximum atomic E-state index is 10.2. The molecule has 0 aromatic rings. The van der Waals surface area contributed by atoms with E-state index in [0.29, 0.717) is 33.0 Å². The molecule has 0 bridgehead atoms. The Morgan fingerprint density at radius 2 is 1.69 bits per heavy atom. The highest BCUT2D eigenvalue weighted by Gasteiger charge is 2.13. The summed E-state index contributed by atoms with van der Waals surface area (Å²) < 4.78 is 16.2. The first-order valence-corrected chi connectivity index (χ1v) is 10.2. The van der Waals surface area contributed by atoms with E-state index in [1.165, 1.54) is 0 Å². The molecule has 0 radical (unpaired) electrons. The van der Waals surface area contributed by atoms with Crippen molar-refractivity contribution >= 4 is 0 Å². The Labute approximate surface area is 159 Å². The number of morpholine rings is 1. The van der Waals surface area contributed by atoms with E-state index in [9.17, 15) is 5.11 Å². The van der Waals surface area contributed by atoms with Gasteiger partial charge in [0.15, 0.2) is 0 Å². The minimum absolute atomic E-state index is 0.383. The molecule has 2 unspecified atom stereocenters. The summed E-state index contributed by atoms with van der Waals surface area (Å²) >= 11 is 0. The van der Waals surface area contributed by atoms with Crippen LogP contribution in [-0.2, 0) is 14.2 Å². The SMILES string of the molecule is CCN(CCCN1CCOCC1)CC(O)COCCCCOCC(C)O. The Balaban J connectivity index is 1.96.